The van der Waals surface area contributed by atoms with E-state index in [1.165, 1.54) is 5.56 Å². The minimum absolute atomic E-state index is 0.543. The molecule has 0 bridgehead atoms. The van der Waals surface area contributed by atoms with Crippen molar-refractivity contribution in [2.45, 2.75) is 33.2 Å². The van der Waals surface area contributed by atoms with Crippen LogP contribution in [0.3, 0.4) is 0 Å². The fraction of sp³-hybridized carbons (Fsp3) is 0.417. The second-order valence-electron chi connectivity index (χ2n) is 3.88. The second-order valence-corrected chi connectivity index (χ2v) is 3.88. The molecule has 0 fully saturated rings. The fourth-order valence-electron chi connectivity index (χ4n) is 1.71. The van der Waals surface area contributed by atoms with Crippen LogP contribution in [0.25, 0.3) is 0 Å². The first-order valence-electron chi connectivity index (χ1n) is 5.43. The van der Waals surface area contributed by atoms with E-state index in [2.05, 4.69) is 19.2 Å². The number of hydrogen-bond donors (Lipinski definition) is 0. The molecule has 16 heavy (non-hydrogen) atoms. The zero-order chi connectivity index (χ0) is 11.5. The van der Waals surface area contributed by atoms with Crippen LogP contribution in [0.2, 0.25) is 0 Å². The van der Waals surface area contributed by atoms with Gasteiger partial charge in [-0.25, -0.2) is 4.79 Å². The highest BCUT2D eigenvalue weighted by atomic mass is 16.6. The molecule has 2 aromatic heterocycles. The van der Waals surface area contributed by atoms with Gasteiger partial charge in [-0.1, -0.05) is 13.3 Å². The lowest BCUT2D eigenvalue weighted by molar-refractivity contribution is 0.367. The third-order valence-corrected chi connectivity index (χ3v) is 2.51. The molecule has 0 aromatic carbocycles. The van der Waals surface area contributed by atoms with Crippen LogP contribution in [0.15, 0.2) is 32.1 Å². The standard InChI is InChI=1S/C12H15NO3/c1-3-4-10-5-6-13(7-10)8-11-9(2)15-12(14)16-11/h5-7H,3-4,8H2,1-2H3. The Hall–Kier alpha value is -1.71. The maximum atomic E-state index is 10.9. The largest absolute Gasteiger partial charge is 0.519 e. The molecule has 86 valence electrons. The Morgan fingerprint density at radius 3 is 2.81 bits per heavy atom. The van der Waals surface area contributed by atoms with Crippen molar-refractivity contribution in [3.63, 3.8) is 0 Å². The molecule has 4 heteroatoms. The van der Waals surface area contributed by atoms with E-state index < -0.39 is 5.82 Å². The van der Waals surface area contributed by atoms with E-state index in [1.54, 1.807) is 6.92 Å². The van der Waals surface area contributed by atoms with Crippen LogP contribution < -0.4 is 5.82 Å². The predicted molar refractivity (Wildman–Crippen MR) is 59.5 cm³/mol. The molecule has 0 aliphatic heterocycles. The molecule has 0 saturated heterocycles. The smallest absolute Gasteiger partial charge is 0.396 e. The summed E-state index contributed by atoms with van der Waals surface area (Å²) in [5, 5.41) is 0. The molecule has 0 unspecified atom stereocenters. The van der Waals surface area contributed by atoms with E-state index in [9.17, 15) is 4.79 Å². The van der Waals surface area contributed by atoms with Gasteiger partial charge in [0.25, 0.3) is 0 Å². The van der Waals surface area contributed by atoms with Crippen LogP contribution >= 0.6 is 0 Å². The Bertz CT molecular complexity index is 518. The SMILES string of the molecule is CCCc1ccn(Cc2oc(=O)oc2C)c1. The van der Waals surface area contributed by atoms with Crippen LogP contribution in [0.5, 0.6) is 0 Å². The van der Waals surface area contributed by atoms with E-state index in [4.69, 9.17) is 8.83 Å². The molecule has 0 spiro atoms. The Kier molecular flexibility index (Phi) is 2.99. The van der Waals surface area contributed by atoms with Crippen molar-refractivity contribution in [2.24, 2.45) is 0 Å². The Labute approximate surface area is 93.5 Å². The molecule has 0 amide bonds. The molecule has 0 atom stereocenters. The summed E-state index contributed by atoms with van der Waals surface area (Å²) in [4.78, 5) is 10.9. The van der Waals surface area contributed by atoms with Gasteiger partial charge in [0, 0.05) is 12.4 Å². The molecule has 0 N–H and O–H groups in total. The summed E-state index contributed by atoms with van der Waals surface area (Å²) in [5.41, 5.74) is 1.30. The van der Waals surface area contributed by atoms with Crippen LogP contribution in [-0.4, -0.2) is 4.57 Å². The topological polar surface area (TPSA) is 48.3 Å². The predicted octanol–water partition coefficient (Wildman–Crippen LogP) is 2.34. The van der Waals surface area contributed by atoms with Gasteiger partial charge >= 0.3 is 5.82 Å². The molecule has 2 rings (SSSR count). The first kappa shape index (κ1) is 10.8. The number of aryl methyl sites for hydroxylation is 2. The quantitative estimate of drug-likeness (QED) is 0.796. The first-order valence-corrected chi connectivity index (χ1v) is 5.43. The minimum Gasteiger partial charge on any atom is -0.396 e. The van der Waals surface area contributed by atoms with Crippen LogP contribution in [-0.2, 0) is 13.0 Å². The molecule has 0 aliphatic rings. The van der Waals surface area contributed by atoms with Crippen LogP contribution in [0.4, 0.5) is 0 Å². The van der Waals surface area contributed by atoms with Crippen LogP contribution in [0, 0.1) is 6.92 Å². The zero-order valence-corrected chi connectivity index (χ0v) is 9.53. The second kappa shape index (κ2) is 4.43. The number of hydrogen-bond acceptors (Lipinski definition) is 3. The average molecular weight is 221 g/mol. The molecule has 0 radical (unpaired) electrons. The van der Waals surface area contributed by atoms with Gasteiger partial charge in [0.1, 0.15) is 5.76 Å². The van der Waals surface area contributed by atoms with Crippen molar-refractivity contribution in [2.75, 3.05) is 0 Å². The highest BCUT2D eigenvalue weighted by Gasteiger charge is 2.08. The Morgan fingerprint density at radius 1 is 1.38 bits per heavy atom. The van der Waals surface area contributed by atoms with Gasteiger partial charge in [-0.15, -0.1) is 0 Å². The molecule has 2 aromatic rings. The summed E-state index contributed by atoms with van der Waals surface area (Å²) in [6, 6.07) is 2.08. The van der Waals surface area contributed by atoms with Gasteiger partial charge in [0.15, 0.2) is 5.76 Å². The van der Waals surface area contributed by atoms with E-state index >= 15 is 0 Å². The third-order valence-electron chi connectivity index (χ3n) is 2.51. The van der Waals surface area contributed by atoms with E-state index in [0.717, 1.165) is 12.8 Å². The van der Waals surface area contributed by atoms with E-state index in [0.29, 0.717) is 18.1 Å². The average Bonchev–Trinajstić information content (AvgIpc) is 2.76. The normalized spacial score (nSPS) is 10.9. The number of nitrogens with zero attached hydrogens (tertiary/aromatic N) is 1. The maximum absolute atomic E-state index is 10.9. The zero-order valence-electron chi connectivity index (χ0n) is 9.53. The Balaban J connectivity index is 2.14. The van der Waals surface area contributed by atoms with Crippen molar-refractivity contribution in [1.29, 1.82) is 0 Å². The van der Waals surface area contributed by atoms with E-state index in [1.807, 2.05) is 10.8 Å². The van der Waals surface area contributed by atoms with Crippen molar-refractivity contribution in [3.8, 4) is 0 Å². The summed E-state index contributed by atoms with van der Waals surface area (Å²) >= 11 is 0. The maximum Gasteiger partial charge on any atom is 0.519 e. The highest BCUT2D eigenvalue weighted by molar-refractivity contribution is 5.12. The number of rotatable bonds is 4. The van der Waals surface area contributed by atoms with Gasteiger partial charge < -0.3 is 13.4 Å². The first-order chi connectivity index (χ1) is 7.69. The van der Waals surface area contributed by atoms with Gasteiger partial charge in [0.05, 0.1) is 6.54 Å². The van der Waals surface area contributed by atoms with Crippen molar-refractivity contribution in [3.05, 3.63) is 46.2 Å². The lowest BCUT2D eigenvalue weighted by atomic mass is 10.2. The van der Waals surface area contributed by atoms with Crippen LogP contribution in [0.1, 0.15) is 30.4 Å². The lowest BCUT2D eigenvalue weighted by Gasteiger charge is -1.98. The molecular weight excluding hydrogens is 206 g/mol. The van der Waals surface area contributed by atoms with Gasteiger partial charge in [-0.3, -0.25) is 0 Å². The molecule has 0 aliphatic carbocycles. The van der Waals surface area contributed by atoms with Crippen molar-refractivity contribution >= 4 is 0 Å². The van der Waals surface area contributed by atoms with Crippen molar-refractivity contribution < 1.29 is 8.83 Å². The summed E-state index contributed by atoms with van der Waals surface area (Å²) in [6.45, 7) is 4.43. The molecular formula is C12H15NO3. The van der Waals surface area contributed by atoms with Gasteiger partial charge in [-0.2, -0.15) is 0 Å². The summed E-state index contributed by atoms with van der Waals surface area (Å²) < 4.78 is 11.7. The van der Waals surface area contributed by atoms with Crippen molar-refractivity contribution in [1.82, 2.24) is 4.57 Å². The third kappa shape index (κ3) is 2.27. The molecule has 0 saturated carbocycles. The monoisotopic (exact) mass is 221 g/mol. The summed E-state index contributed by atoms with van der Waals surface area (Å²) in [5.74, 6) is 0.507. The molecule has 4 nitrogen and oxygen atoms in total. The number of aromatic nitrogens is 1. The van der Waals surface area contributed by atoms with Gasteiger partial charge in [-0.05, 0) is 25.0 Å². The van der Waals surface area contributed by atoms with Gasteiger partial charge in [0.2, 0.25) is 0 Å². The molecule has 2 heterocycles. The fourth-order valence-corrected chi connectivity index (χ4v) is 1.71. The lowest BCUT2D eigenvalue weighted by Crippen LogP contribution is -1.97. The summed E-state index contributed by atoms with van der Waals surface area (Å²) in [6.07, 6.45) is 6.25. The highest BCUT2D eigenvalue weighted by Crippen LogP contribution is 2.10. The summed E-state index contributed by atoms with van der Waals surface area (Å²) in [7, 11) is 0. The minimum atomic E-state index is -0.631. The Morgan fingerprint density at radius 2 is 2.19 bits per heavy atom. The van der Waals surface area contributed by atoms with E-state index in [-0.39, 0.29) is 0 Å².